The van der Waals surface area contributed by atoms with Crippen molar-refractivity contribution in [2.24, 2.45) is 0 Å². The van der Waals surface area contributed by atoms with Gasteiger partial charge in [0.25, 0.3) is 0 Å². The fourth-order valence-electron chi connectivity index (χ4n) is 1.88. The molecule has 0 spiro atoms. The van der Waals surface area contributed by atoms with E-state index in [2.05, 4.69) is 24.4 Å². The Morgan fingerprint density at radius 1 is 1.11 bits per heavy atom. The number of benzene rings is 2. The summed E-state index contributed by atoms with van der Waals surface area (Å²) in [5, 5.41) is 3.35. The average Bonchev–Trinajstić information content (AvgIpc) is 2.40. The van der Waals surface area contributed by atoms with Crippen molar-refractivity contribution >= 4 is 17.3 Å². The van der Waals surface area contributed by atoms with Gasteiger partial charge in [0.15, 0.2) is 0 Å². The van der Waals surface area contributed by atoms with E-state index in [-0.39, 0.29) is 5.02 Å². The molecule has 1 N–H and O–H groups in total. The van der Waals surface area contributed by atoms with Gasteiger partial charge in [0.05, 0.1) is 5.02 Å². The summed E-state index contributed by atoms with van der Waals surface area (Å²) in [6.45, 7) is 2.81. The summed E-state index contributed by atoms with van der Waals surface area (Å²) in [6.07, 6.45) is 0.993. The summed E-state index contributed by atoms with van der Waals surface area (Å²) in [5.41, 5.74) is 3.28. The Morgan fingerprint density at radius 2 is 1.83 bits per heavy atom. The van der Waals surface area contributed by atoms with Gasteiger partial charge in [-0.25, -0.2) is 4.39 Å². The second-order valence-electron chi connectivity index (χ2n) is 4.10. The predicted octanol–water partition coefficient (Wildman–Crippen LogP) is 4.65. The molecule has 0 amide bonds. The zero-order chi connectivity index (χ0) is 13.0. The van der Waals surface area contributed by atoms with Crippen molar-refractivity contribution in [1.82, 2.24) is 0 Å². The fraction of sp³-hybridized carbons (Fsp3) is 0.200. The Kier molecular flexibility index (Phi) is 4.21. The van der Waals surface area contributed by atoms with E-state index in [1.807, 2.05) is 12.1 Å². The van der Waals surface area contributed by atoms with Gasteiger partial charge in [-0.3, -0.25) is 0 Å². The van der Waals surface area contributed by atoms with Gasteiger partial charge >= 0.3 is 0 Å². The third-order valence-electron chi connectivity index (χ3n) is 2.90. The summed E-state index contributed by atoms with van der Waals surface area (Å²) >= 11 is 5.64. The van der Waals surface area contributed by atoms with Crippen LogP contribution in [0.2, 0.25) is 5.02 Å². The Bertz CT molecular complexity index is 540. The number of nitrogens with one attached hydrogen (secondary N) is 1. The van der Waals surface area contributed by atoms with Crippen LogP contribution < -0.4 is 5.32 Å². The molecule has 0 aromatic heterocycles. The fourth-order valence-corrected chi connectivity index (χ4v) is 2.00. The lowest BCUT2D eigenvalue weighted by Crippen LogP contribution is -2.02. The molecule has 3 heteroatoms. The first-order valence-corrected chi connectivity index (χ1v) is 6.34. The molecule has 2 rings (SSSR count). The zero-order valence-corrected chi connectivity index (χ0v) is 11.0. The maximum Gasteiger partial charge on any atom is 0.143 e. The lowest BCUT2D eigenvalue weighted by Gasteiger charge is -2.10. The molecule has 0 aliphatic heterocycles. The molecular formula is C15H15ClFN. The highest BCUT2D eigenvalue weighted by molar-refractivity contribution is 6.30. The largest absolute Gasteiger partial charge is 0.381 e. The minimum Gasteiger partial charge on any atom is -0.381 e. The smallest absolute Gasteiger partial charge is 0.143 e. The van der Waals surface area contributed by atoms with Crippen LogP contribution in [0.5, 0.6) is 0 Å². The molecule has 0 heterocycles. The SMILES string of the molecule is CCc1ccccc1CNc1ccc(Cl)c(F)c1. The topological polar surface area (TPSA) is 12.0 Å². The van der Waals surface area contributed by atoms with Crippen LogP contribution in [0.1, 0.15) is 18.1 Å². The highest BCUT2D eigenvalue weighted by Crippen LogP contribution is 2.19. The van der Waals surface area contributed by atoms with Crippen LogP contribution in [0.25, 0.3) is 0 Å². The zero-order valence-electron chi connectivity index (χ0n) is 10.2. The molecule has 2 aromatic carbocycles. The van der Waals surface area contributed by atoms with E-state index < -0.39 is 5.82 Å². The van der Waals surface area contributed by atoms with E-state index in [9.17, 15) is 4.39 Å². The summed E-state index contributed by atoms with van der Waals surface area (Å²) in [4.78, 5) is 0. The molecule has 18 heavy (non-hydrogen) atoms. The number of aryl methyl sites for hydroxylation is 1. The number of hydrogen-bond acceptors (Lipinski definition) is 1. The quantitative estimate of drug-likeness (QED) is 0.846. The lowest BCUT2D eigenvalue weighted by molar-refractivity contribution is 0.628. The van der Waals surface area contributed by atoms with Gasteiger partial charge < -0.3 is 5.32 Å². The number of anilines is 1. The van der Waals surface area contributed by atoms with E-state index in [4.69, 9.17) is 11.6 Å². The van der Waals surface area contributed by atoms with Gasteiger partial charge in [0.2, 0.25) is 0 Å². The minimum absolute atomic E-state index is 0.148. The molecule has 1 nitrogen and oxygen atoms in total. The molecule has 2 aromatic rings. The van der Waals surface area contributed by atoms with Crippen LogP contribution in [-0.2, 0) is 13.0 Å². The van der Waals surface area contributed by atoms with Crippen LogP contribution >= 0.6 is 11.6 Å². The van der Waals surface area contributed by atoms with Crippen molar-refractivity contribution in [3.05, 3.63) is 64.4 Å². The van der Waals surface area contributed by atoms with Gasteiger partial charge in [0, 0.05) is 12.2 Å². The molecule has 0 radical (unpaired) electrons. The Labute approximate surface area is 112 Å². The third kappa shape index (κ3) is 3.02. The van der Waals surface area contributed by atoms with Crippen LogP contribution in [0.3, 0.4) is 0 Å². The third-order valence-corrected chi connectivity index (χ3v) is 3.21. The van der Waals surface area contributed by atoms with Gasteiger partial charge in [-0.05, 0) is 35.7 Å². The van der Waals surface area contributed by atoms with E-state index in [1.54, 1.807) is 12.1 Å². The Balaban J connectivity index is 2.09. The van der Waals surface area contributed by atoms with Crippen molar-refractivity contribution in [3.8, 4) is 0 Å². The Hall–Kier alpha value is -1.54. The highest BCUT2D eigenvalue weighted by Gasteiger charge is 2.02. The van der Waals surface area contributed by atoms with Crippen molar-refractivity contribution < 1.29 is 4.39 Å². The van der Waals surface area contributed by atoms with Crippen molar-refractivity contribution in [2.75, 3.05) is 5.32 Å². The van der Waals surface area contributed by atoms with Gasteiger partial charge in [-0.1, -0.05) is 42.8 Å². The summed E-state index contributed by atoms with van der Waals surface area (Å²) < 4.78 is 13.3. The van der Waals surface area contributed by atoms with Gasteiger partial charge in [-0.15, -0.1) is 0 Å². The lowest BCUT2D eigenvalue weighted by atomic mass is 10.1. The van der Waals surface area contributed by atoms with Crippen molar-refractivity contribution in [2.45, 2.75) is 19.9 Å². The van der Waals surface area contributed by atoms with Crippen LogP contribution in [0.15, 0.2) is 42.5 Å². The average molecular weight is 264 g/mol. The highest BCUT2D eigenvalue weighted by atomic mass is 35.5. The second kappa shape index (κ2) is 5.87. The Morgan fingerprint density at radius 3 is 2.50 bits per heavy atom. The van der Waals surface area contributed by atoms with Crippen molar-refractivity contribution in [3.63, 3.8) is 0 Å². The van der Waals surface area contributed by atoms with E-state index in [1.165, 1.54) is 17.2 Å². The monoisotopic (exact) mass is 263 g/mol. The van der Waals surface area contributed by atoms with Crippen LogP contribution in [0, 0.1) is 5.82 Å². The molecule has 94 valence electrons. The summed E-state index contributed by atoms with van der Waals surface area (Å²) in [7, 11) is 0. The molecule has 0 aliphatic carbocycles. The first-order valence-electron chi connectivity index (χ1n) is 5.96. The van der Waals surface area contributed by atoms with Gasteiger partial charge in [-0.2, -0.15) is 0 Å². The van der Waals surface area contributed by atoms with E-state index in [0.717, 1.165) is 12.1 Å². The first-order chi connectivity index (χ1) is 8.70. The van der Waals surface area contributed by atoms with Gasteiger partial charge in [0.1, 0.15) is 5.82 Å². The van der Waals surface area contributed by atoms with Crippen molar-refractivity contribution in [1.29, 1.82) is 0 Å². The molecule has 0 bridgehead atoms. The maximum absolute atomic E-state index is 13.3. The number of rotatable bonds is 4. The molecule has 0 saturated heterocycles. The molecule has 0 fully saturated rings. The normalized spacial score (nSPS) is 10.4. The van der Waals surface area contributed by atoms with E-state index >= 15 is 0 Å². The summed E-state index contributed by atoms with van der Waals surface area (Å²) in [6, 6.07) is 13.0. The molecule has 0 saturated carbocycles. The van der Waals surface area contributed by atoms with Crippen LogP contribution in [0.4, 0.5) is 10.1 Å². The number of hydrogen-bond donors (Lipinski definition) is 1. The predicted molar refractivity (Wildman–Crippen MR) is 74.6 cm³/mol. The molecule has 0 atom stereocenters. The van der Waals surface area contributed by atoms with E-state index in [0.29, 0.717) is 6.54 Å². The minimum atomic E-state index is -0.398. The molecule has 0 aliphatic rings. The van der Waals surface area contributed by atoms with Crippen LogP contribution in [-0.4, -0.2) is 0 Å². The standard InChI is InChI=1S/C15H15ClFN/c1-2-11-5-3-4-6-12(11)10-18-13-7-8-14(16)15(17)9-13/h3-9,18H,2,10H2,1H3. The maximum atomic E-state index is 13.3. The first kappa shape index (κ1) is 12.9. The second-order valence-corrected chi connectivity index (χ2v) is 4.51. The molecular weight excluding hydrogens is 249 g/mol. The summed E-state index contributed by atoms with van der Waals surface area (Å²) in [5.74, 6) is -0.398. The molecule has 0 unspecified atom stereocenters. The number of halogens is 2.